The molecule has 2 amide bonds. The van der Waals surface area contributed by atoms with Gasteiger partial charge in [0.15, 0.2) is 6.61 Å². The highest BCUT2D eigenvalue weighted by atomic mass is 16.5. The first-order valence-electron chi connectivity index (χ1n) is 8.71. The number of carbonyl (C=O) groups is 3. The summed E-state index contributed by atoms with van der Waals surface area (Å²) >= 11 is 0. The molecule has 0 unspecified atom stereocenters. The second-order valence-corrected chi connectivity index (χ2v) is 5.89. The summed E-state index contributed by atoms with van der Waals surface area (Å²) in [6.07, 6.45) is 2.03. The van der Waals surface area contributed by atoms with Gasteiger partial charge in [0.25, 0.3) is 5.91 Å². The second-order valence-electron chi connectivity index (χ2n) is 5.89. The summed E-state index contributed by atoms with van der Waals surface area (Å²) in [7, 11) is 0. The van der Waals surface area contributed by atoms with Crippen molar-refractivity contribution in [3.63, 3.8) is 0 Å². The zero-order chi connectivity index (χ0) is 19.6. The van der Waals surface area contributed by atoms with E-state index in [4.69, 9.17) is 10.5 Å². The van der Waals surface area contributed by atoms with Crippen LogP contribution in [0.3, 0.4) is 0 Å². The highest BCUT2D eigenvalue weighted by Gasteiger charge is 2.14. The van der Waals surface area contributed by atoms with E-state index in [2.05, 4.69) is 17.6 Å². The number of amides is 2. The topological polar surface area (TPSA) is 111 Å². The average molecular weight is 369 g/mol. The van der Waals surface area contributed by atoms with Crippen LogP contribution >= 0.6 is 0 Å². The largest absolute Gasteiger partial charge is 0.452 e. The molecule has 0 saturated carbocycles. The number of primary amides is 1. The van der Waals surface area contributed by atoms with Crippen LogP contribution in [0.15, 0.2) is 48.5 Å². The Bertz CT molecular complexity index is 803. The molecular formula is C20H23N3O4. The summed E-state index contributed by atoms with van der Waals surface area (Å²) in [5.74, 6) is -1.60. The SMILES string of the molecule is CCCCNc1ccccc1C(=O)OCC(=O)Nc1ccc(C(N)=O)cc1. The van der Waals surface area contributed by atoms with Crippen molar-refractivity contribution >= 4 is 29.2 Å². The third-order valence-electron chi connectivity index (χ3n) is 3.78. The highest BCUT2D eigenvalue weighted by molar-refractivity contribution is 5.99. The van der Waals surface area contributed by atoms with Crippen LogP contribution in [-0.2, 0) is 9.53 Å². The zero-order valence-corrected chi connectivity index (χ0v) is 15.2. The van der Waals surface area contributed by atoms with Gasteiger partial charge in [-0.25, -0.2) is 4.79 Å². The van der Waals surface area contributed by atoms with E-state index >= 15 is 0 Å². The number of hydrogen-bond acceptors (Lipinski definition) is 5. The third kappa shape index (κ3) is 6.14. The first kappa shape index (κ1) is 20.0. The molecule has 0 aliphatic rings. The molecule has 7 heteroatoms. The first-order valence-corrected chi connectivity index (χ1v) is 8.71. The molecule has 0 aliphatic carbocycles. The van der Waals surface area contributed by atoms with Crippen LogP contribution < -0.4 is 16.4 Å². The number of anilines is 2. The fourth-order valence-corrected chi connectivity index (χ4v) is 2.34. The second kappa shape index (κ2) is 9.96. The fourth-order valence-electron chi connectivity index (χ4n) is 2.34. The van der Waals surface area contributed by atoms with Crippen molar-refractivity contribution in [3.8, 4) is 0 Å². The molecule has 0 aromatic heterocycles. The Labute approximate surface area is 157 Å². The van der Waals surface area contributed by atoms with Gasteiger partial charge in [-0.3, -0.25) is 9.59 Å². The van der Waals surface area contributed by atoms with E-state index in [1.807, 2.05) is 6.07 Å². The number of esters is 1. The number of rotatable bonds is 9. The molecule has 4 N–H and O–H groups in total. The maximum absolute atomic E-state index is 12.3. The Morgan fingerprint density at radius 1 is 1.04 bits per heavy atom. The van der Waals surface area contributed by atoms with Gasteiger partial charge >= 0.3 is 5.97 Å². The van der Waals surface area contributed by atoms with Crippen molar-refractivity contribution in [3.05, 3.63) is 59.7 Å². The third-order valence-corrected chi connectivity index (χ3v) is 3.78. The predicted octanol–water partition coefficient (Wildman–Crippen LogP) is 2.79. The minimum Gasteiger partial charge on any atom is -0.452 e. The molecule has 2 aromatic carbocycles. The van der Waals surface area contributed by atoms with E-state index in [1.54, 1.807) is 30.3 Å². The van der Waals surface area contributed by atoms with Crippen LogP contribution in [0.5, 0.6) is 0 Å². The lowest BCUT2D eigenvalue weighted by Crippen LogP contribution is -2.21. The molecular weight excluding hydrogens is 346 g/mol. The molecule has 2 rings (SSSR count). The monoisotopic (exact) mass is 369 g/mol. The minimum atomic E-state index is -0.575. The summed E-state index contributed by atoms with van der Waals surface area (Å²) in [5.41, 5.74) is 7.04. The minimum absolute atomic E-state index is 0.339. The van der Waals surface area contributed by atoms with Crippen molar-refractivity contribution in [2.75, 3.05) is 23.8 Å². The van der Waals surface area contributed by atoms with Gasteiger partial charge in [-0.1, -0.05) is 25.5 Å². The molecule has 0 bridgehead atoms. The lowest BCUT2D eigenvalue weighted by Gasteiger charge is -2.11. The Hall–Kier alpha value is -3.35. The number of para-hydroxylation sites is 1. The van der Waals surface area contributed by atoms with Gasteiger partial charge in [0.2, 0.25) is 5.91 Å². The normalized spacial score (nSPS) is 10.1. The number of ether oxygens (including phenoxy) is 1. The van der Waals surface area contributed by atoms with Gasteiger partial charge in [-0.05, 0) is 42.8 Å². The summed E-state index contributed by atoms with van der Waals surface area (Å²) in [6.45, 7) is 2.42. The highest BCUT2D eigenvalue weighted by Crippen LogP contribution is 2.16. The lowest BCUT2D eigenvalue weighted by atomic mass is 10.1. The molecule has 0 aliphatic heterocycles. The Kier molecular flexibility index (Phi) is 7.37. The molecule has 0 fully saturated rings. The molecule has 7 nitrogen and oxygen atoms in total. The Morgan fingerprint density at radius 3 is 2.41 bits per heavy atom. The fraction of sp³-hybridized carbons (Fsp3) is 0.250. The molecule has 0 heterocycles. The summed E-state index contributed by atoms with van der Waals surface area (Å²) < 4.78 is 5.11. The average Bonchev–Trinajstić information content (AvgIpc) is 2.67. The Morgan fingerprint density at radius 2 is 1.74 bits per heavy atom. The van der Waals surface area contributed by atoms with Crippen LogP contribution in [0.4, 0.5) is 11.4 Å². The number of hydrogen-bond donors (Lipinski definition) is 3. The van der Waals surface area contributed by atoms with Crippen LogP contribution in [0.1, 0.15) is 40.5 Å². The van der Waals surface area contributed by atoms with Crippen molar-refractivity contribution < 1.29 is 19.1 Å². The standard InChI is InChI=1S/C20H23N3O4/c1-2-3-12-22-17-7-5-4-6-16(17)20(26)27-13-18(24)23-15-10-8-14(9-11-15)19(21)25/h4-11,22H,2-3,12-13H2,1H3,(H2,21,25)(H,23,24). The van der Waals surface area contributed by atoms with E-state index in [0.29, 0.717) is 22.5 Å². The van der Waals surface area contributed by atoms with Gasteiger partial charge in [-0.15, -0.1) is 0 Å². The smallest absolute Gasteiger partial charge is 0.340 e. The summed E-state index contributed by atoms with van der Waals surface area (Å²) in [6, 6.07) is 13.1. The van der Waals surface area contributed by atoms with Gasteiger partial charge in [0.1, 0.15) is 0 Å². The molecule has 27 heavy (non-hydrogen) atoms. The number of benzene rings is 2. The molecule has 0 saturated heterocycles. The van der Waals surface area contributed by atoms with Crippen molar-refractivity contribution in [1.29, 1.82) is 0 Å². The number of nitrogens with one attached hydrogen (secondary N) is 2. The van der Waals surface area contributed by atoms with Gasteiger partial charge in [0, 0.05) is 23.5 Å². The first-order chi connectivity index (χ1) is 13.0. The lowest BCUT2D eigenvalue weighted by molar-refractivity contribution is -0.119. The van der Waals surface area contributed by atoms with Gasteiger partial charge < -0.3 is 21.1 Å². The predicted molar refractivity (Wildman–Crippen MR) is 104 cm³/mol. The summed E-state index contributed by atoms with van der Waals surface area (Å²) in [5, 5.41) is 5.79. The van der Waals surface area contributed by atoms with Crippen molar-refractivity contribution in [1.82, 2.24) is 0 Å². The van der Waals surface area contributed by atoms with Gasteiger partial charge in [0.05, 0.1) is 5.56 Å². The molecule has 0 atom stereocenters. The van der Waals surface area contributed by atoms with Crippen LogP contribution in [0.25, 0.3) is 0 Å². The summed E-state index contributed by atoms with van der Waals surface area (Å²) in [4.78, 5) is 35.3. The van der Waals surface area contributed by atoms with Crippen LogP contribution in [-0.4, -0.2) is 30.9 Å². The van der Waals surface area contributed by atoms with Gasteiger partial charge in [-0.2, -0.15) is 0 Å². The van der Waals surface area contributed by atoms with E-state index < -0.39 is 24.4 Å². The Balaban J connectivity index is 1.89. The van der Waals surface area contributed by atoms with E-state index in [0.717, 1.165) is 19.4 Å². The quantitative estimate of drug-likeness (QED) is 0.465. The van der Waals surface area contributed by atoms with Crippen LogP contribution in [0, 0.1) is 0 Å². The molecule has 0 radical (unpaired) electrons. The molecule has 2 aromatic rings. The zero-order valence-electron chi connectivity index (χ0n) is 15.2. The molecule has 142 valence electrons. The number of unbranched alkanes of at least 4 members (excludes halogenated alkanes) is 1. The number of carbonyl (C=O) groups excluding carboxylic acids is 3. The van der Waals surface area contributed by atoms with E-state index in [-0.39, 0.29) is 0 Å². The molecule has 0 spiro atoms. The van der Waals surface area contributed by atoms with Crippen molar-refractivity contribution in [2.45, 2.75) is 19.8 Å². The van der Waals surface area contributed by atoms with Crippen LogP contribution in [0.2, 0.25) is 0 Å². The van der Waals surface area contributed by atoms with Crippen molar-refractivity contribution in [2.24, 2.45) is 5.73 Å². The van der Waals surface area contributed by atoms with E-state index in [9.17, 15) is 14.4 Å². The maximum Gasteiger partial charge on any atom is 0.340 e. The number of nitrogens with two attached hydrogens (primary N) is 1. The maximum atomic E-state index is 12.3. The van der Waals surface area contributed by atoms with E-state index in [1.165, 1.54) is 12.1 Å².